The van der Waals surface area contributed by atoms with E-state index in [4.69, 9.17) is 14.4 Å². The molecule has 0 amide bonds. The SMILES string of the molecule is c1ccc(-c2cc(-c3ccccc3)cc(-c3cccc(-c4cccc(-c5nc(-c6cccc7oc8ccccc8c67)nc6c5c5ccccc5n6-c5ccccc5)c4)c3)c2)cc1. The van der Waals surface area contributed by atoms with Crippen LogP contribution >= 0.6 is 0 Å². The van der Waals surface area contributed by atoms with Crippen LogP contribution in [-0.2, 0) is 0 Å². The third-order valence-corrected chi connectivity index (χ3v) is 12.0. The van der Waals surface area contributed by atoms with Crippen molar-refractivity contribution in [1.82, 2.24) is 14.5 Å². The Kier molecular flexibility index (Phi) is 8.46. The summed E-state index contributed by atoms with van der Waals surface area (Å²) in [7, 11) is 0. The predicted molar refractivity (Wildman–Crippen MR) is 256 cm³/mol. The topological polar surface area (TPSA) is 43.9 Å². The lowest BCUT2D eigenvalue weighted by Gasteiger charge is -2.13. The van der Waals surface area contributed by atoms with Gasteiger partial charge in [0.25, 0.3) is 0 Å². The van der Waals surface area contributed by atoms with Gasteiger partial charge in [-0.2, -0.15) is 0 Å². The lowest BCUT2D eigenvalue weighted by molar-refractivity contribution is 0.669. The molecule has 290 valence electrons. The zero-order chi connectivity index (χ0) is 41.0. The molecule has 0 aliphatic heterocycles. The van der Waals surface area contributed by atoms with Gasteiger partial charge >= 0.3 is 0 Å². The van der Waals surface area contributed by atoms with Crippen LogP contribution in [0.1, 0.15) is 0 Å². The van der Waals surface area contributed by atoms with E-state index in [9.17, 15) is 0 Å². The molecule has 0 fully saturated rings. The number of rotatable bonds is 7. The van der Waals surface area contributed by atoms with Gasteiger partial charge in [-0.1, -0.05) is 164 Å². The maximum absolute atomic E-state index is 6.36. The summed E-state index contributed by atoms with van der Waals surface area (Å²) in [6.07, 6.45) is 0. The highest BCUT2D eigenvalue weighted by Gasteiger charge is 2.23. The Morgan fingerprint density at radius 2 is 0.823 bits per heavy atom. The second-order valence-electron chi connectivity index (χ2n) is 15.8. The quantitative estimate of drug-likeness (QED) is 0.161. The van der Waals surface area contributed by atoms with E-state index in [1.54, 1.807) is 0 Å². The smallest absolute Gasteiger partial charge is 0.162 e. The maximum Gasteiger partial charge on any atom is 0.162 e. The molecule has 4 heteroatoms. The molecule has 62 heavy (non-hydrogen) atoms. The number of hydrogen-bond donors (Lipinski definition) is 0. The van der Waals surface area contributed by atoms with Gasteiger partial charge in [0.15, 0.2) is 5.82 Å². The van der Waals surface area contributed by atoms with Crippen LogP contribution in [0.5, 0.6) is 0 Å². The molecule has 3 aromatic heterocycles. The van der Waals surface area contributed by atoms with Crippen molar-refractivity contribution < 1.29 is 4.42 Å². The summed E-state index contributed by atoms with van der Waals surface area (Å²) >= 11 is 0. The van der Waals surface area contributed by atoms with Crippen LogP contribution in [0.15, 0.2) is 229 Å². The summed E-state index contributed by atoms with van der Waals surface area (Å²) in [5, 5.41) is 4.15. The molecule has 0 radical (unpaired) electrons. The molecule has 0 N–H and O–H groups in total. The molecule has 12 aromatic rings. The van der Waals surface area contributed by atoms with Crippen molar-refractivity contribution in [2.24, 2.45) is 0 Å². The van der Waals surface area contributed by atoms with Crippen LogP contribution in [0.2, 0.25) is 0 Å². The summed E-state index contributed by atoms with van der Waals surface area (Å²) in [5.41, 5.74) is 16.7. The fourth-order valence-electron chi connectivity index (χ4n) is 9.09. The molecule has 0 aliphatic carbocycles. The average Bonchev–Trinajstić information content (AvgIpc) is 3.90. The van der Waals surface area contributed by atoms with Gasteiger partial charge in [-0.3, -0.25) is 4.57 Å². The highest BCUT2D eigenvalue weighted by molar-refractivity contribution is 6.16. The van der Waals surface area contributed by atoms with Gasteiger partial charge in [-0.25, -0.2) is 9.97 Å². The summed E-state index contributed by atoms with van der Waals surface area (Å²) in [4.78, 5) is 11.0. The zero-order valence-corrected chi connectivity index (χ0v) is 33.6. The molecular formula is C58H37N3O. The van der Waals surface area contributed by atoms with Crippen molar-refractivity contribution in [1.29, 1.82) is 0 Å². The van der Waals surface area contributed by atoms with Crippen molar-refractivity contribution in [2.75, 3.05) is 0 Å². The van der Waals surface area contributed by atoms with Crippen molar-refractivity contribution in [3.05, 3.63) is 224 Å². The van der Waals surface area contributed by atoms with Gasteiger partial charge in [-0.05, 0) is 105 Å². The molecule has 0 unspecified atom stereocenters. The van der Waals surface area contributed by atoms with Crippen molar-refractivity contribution in [3.8, 4) is 72.8 Å². The second-order valence-corrected chi connectivity index (χ2v) is 15.8. The summed E-state index contributed by atoms with van der Waals surface area (Å²) in [6.45, 7) is 0. The fraction of sp³-hybridized carbons (Fsp3) is 0. The molecule has 3 heterocycles. The van der Waals surface area contributed by atoms with E-state index < -0.39 is 0 Å². The molecular weight excluding hydrogens is 755 g/mol. The van der Waals surface area contributed by atoms with E-state index in [1.807, 2.05) is 24.3 Å². The van der Waals surface area contributed by atoms with Gasteiger partial charge in [0.2, 0.25) is 0 Å². The first-order chi connectivity index (χ1) is 30.7. The van der Waals surface area contributed by atoms with Crippen molar-refractivity contribution in [2.45, 2.75) is 0 Å². The Balaban J connectivity index is 1.06. The van der Waals surface area contributed by atoms with Crippen LogP contribution in [0, 0.1) is 0 Å². The maximum atomic E-state index is 6.36. The number of furan rings is 1. The van der Waals surface area contributed by atoms with E-state index in [1.165, 1.54) is 27.8 Å². The van der Waals surface area contributed by atoms with Crippen molar-refractivity contribution in [3.63, 3.8) is 0 Å². The average molecular weight is 792 g/mol. The van der Waals surface area contributed by atoms with Gasteiger partial charge in [0, 0.05) is 33.0 Å². The molecule has 9 aromatic carbocycles. The molecule has 0 saturated carbocycles. The van der Waals surface area contributed by atoms with Gasteiger partial charge in [0.1, 0.15) is 16.8 Å². The second kappa shape index (κ2) is 14.7. The normalized spacial score (nSPS) is 11.5. The molecule has 0 aliphatic rings. The van der Waals surface area contributed by atoms with Gasteiger partial charge < -0.3 is 4.42 Å². The van der Waals surface area contributed by atoms with E-state index in [0.717, 1.165) is 83.1 Å². The third-order valence-electron chi connectivity index (χ3n) is 12.0. The van der Waals surface area contributed by atoms with Gasteiger partial charge in [-0.15, -0.1) is 0 Å². The molecule has 4 nitrogen and oxygen atoms in total. The number of hydrogen-bond acceptors (Lipinski definition) is 3. The number of aromatic nitrogens is 3. The highest BCUT2D eigenvalue weighted by atomic mass is 16.3. The predicted octanol–water partition coefficient (Wildman–Crippen LogP) is 15.5. The molecule has 12 rings (SSSR count). The first-order valence-corrected chi connectivity index (χ1v) is 21.0. The van der Waals surface area contributed by atoms with E-state index in [-0.39, 0.29) is 0 Å². The number of benzene rings is 9. The minimum Gasteiger partial charge on any atom is -0.456 e. The monoisotopic (exact) mass is 791 g/mol. The molecule has 0 bridgehead atoms. The highest BCUT2D eigenvalue weighted by Crippen LogP contribution is 2.42. The molecule has 0 spiro atoms. The lowest BCUT2D eigenvalue weighted by Crippen LogP contribution is -1.99. The van der Waals surface area contributed by atoms with E-state index in [2.05, 4.69) is 205 Å². The Bertz CT molecular complexity index is 3570. The summed E-state index contributed by atoms with van der Waals surface area (Å²) in [6, 6.07) is 79.3. The first kappa shape index (κ1) is 35.6. The van der Waals surface area contributed by atoms with Crippen LogP contribution in [0.4, 0.5) is 0 Å². The minimum absolute atomic E-state index is 0.643. The Hall–Kier alpha value is -8.34. The third kappa shape index (κ3) is 6.08. The standard InChI is InChI=1S/C58H37N3O/c1-4-17-38(18-5-1)44-35-45(39-19-6-2-7-20-39)37-46(36-44)42-23-14-21-40(33-42)41-22-15-24-43(34-41)56-55-48-27-10-12-30-51(48)61(47-25-8-3-9-26-47)58(55)60-57(59-56)50-29-16-32-53-54(50)49-28-11-13-31-52(49)62-53/h1-37H. The van der Waals surface area contributed by atoms with Gasteiger partial charge in [0.05, 0.1) is 16.6 Å². The van der Waals surface area contributed by atoms with Crippen LogP contribution in [-0.4, -0.2) is 14.5 Å². The van der Waals surface area contributed by atoms with E-state index in [0.29, 0.717) is 5.82 Å². The number of para-hydroxylation sites is 3. The fourth-order valence-corrected chi connectivity index (χ4v) is 9.09. The molecule has 0 saturated heterocycles. The molecule has 0 atom stereocenters. The minimum atomic E-state index is 0.643. The van der Waals surface area contributed by atoms with Crippen molar-refractivity contribution >= 4 is 43.9 Å². The zero-order valence-electron chi connectivity index (χ0n) is 33.6. The van der Waals surface area contributed by atoms with Crippen LogP contribution in [0.25, 0.3) is 117 Å². The summed E-state index contributed by atoms with van der Waals surface area (Å²) in [5.74, 6) is 0.643. The number of nitrogens with zero attached hydrogens (tertiary/aromatic N) is 3. The Morgan fingerprint density at radius 1 is 0.339 bits per heavy atom. The largest absolute Gasteiger partial charge is 0.456 e. The Morgan fingerprint density at radius 3 is 1.52 bits per heavy atom. The van der Waals surface area contributed by atoms with E-state index >= 15 is 0 Å². The number of fused-ring (bicyclic) bond motifs is 6. The summed E-state index contributed by atoms with van der Waals surface area (Å²) < 4.78 is 8.63. The lowest BCUT2D eigenvalue weighted by atomic mass is 9.92. The Labute approximate surface area is 358 Å². The van der Waals surface area contributed by atoms with Crippen LogP contribution in [0.3, 0.4) is 0 Å². The first-order valence-electron chi connectivity index (χ1n) is 21.0. The van der Waals surface area contributed by atoms with Crippen LogP contribution < -0.4 is 0 Å².